The fraction of sp³-hybridized carbons (Fsp3) is 0.412. The molecule has 0 bridgehead atoms. The van der Waals surface area contributed by atoms with E-state index < -0.39 is 0 Å². The molecule has 2 rings (SSSR count). The predicted molar refractivity (Wildman–Crippen MR) is 97.8 cm³/mol. The summed E-state index contributed by atoms with van der Waals surface area (Å²) in [5, 5.41) is 6.83. The van der Waals surface area contributed by atoms with Gasteiger partial charge in [0.15, 0.2) is 0 Å². The Balaban J connectivity index is 1.95. The highest BCUT2D eigenvalue weighted by Gasteiger charge is 2.17. The second-order valence-corrected chi connectivity index (χ2v) is 6.17. The monoisotopic (exact) mass is 332 g/mol. The van der Waals surface area contributed by atoms with E-state index in [0.29, 0.717) is 12.1 Å². The molecular weight excluding hydrogens is 308 g/mol. The third kappa shape index (κ3) is 4.22. The maximum Gasteiger partial charge on any atom is 0.256 e. The second-order valence-electron chi connectivity index (χ2n) is 5.40. The number of likely N-dealkylation sites (N-methyl/N-ethyl adjacent to an activating group) is 1. The summed E-state index contributed by atoms with van der Waals surface area (Å²) in [6.07, 6.45) is 0. The smallest absolute Gasteiger partial charge is 0.256 e. The molecule has 1 aromatic carbocycles. The van der Waals surface area contributed by atoms with E-state index in [1.807, 2.05) is 6.92 Å². The van der Waals surface area contributed by atoms with Gasteiger partial charge in [-0.1, -0.05) is 12.1 Å². The molecule has 1 heterocycles. The van der Waals surface area contributed by atoms with Crippen LogP contribution < -0.4 is 15.5 Å². The minimum absolute atomic E-state index is 0.0686. The van der Waals surface area contributed by atoms with E-state index in [-0.39, 0.29) is 5.91 Å². The Morgan fingerprint density at radius 1 is 1.35 bits per heavy atom. The van der Waals surface area contributed by atoms with Crippen LogP contribution >= 0.6 is 11.5 Å². The fourth-order valence-electron chi connectivity index (χ4n) is 2.49. The van der Waals surface area contributed by atoms with Crippen LogP contribution in [0.5, 0.6) is 0 Å². The van der Waals surface area contributed by atoms with Crippen LogP contribution in [0.15, 0.2) is 24.3 Å². The number of hydrogen-bond donors (Lipinski definition) is 2. The first-order chi connectivity index (χ1) is 11.1. The van der Waals surface area contributed by atoms with Gasteiger partial charge in [-0.2, -0.15) is 4.37 Å². The number of aromatic nitrogens is 1. The summed E-state index contributed by atoms with van der Waals surface area (Å²) in [6, 6.07) is 8.41. The van der Waals surface area contributed by atoms with Gasteiger partial charge >= 0.3 is 0 Å². The molecule has 0 saturated carbocycles. The average molecular weight is 332 g/mol. The normalized spacial score (nSPS) is 10.4. The Bertz CT molecular complexity index is 668. The van der Waals surface area contributed by atoms with E-state index in [1.54, 1.807) is 7.05 Å². The summed E-state index contributed by atoms with van der Waals surface area (Å²) < 4.78 is 4.23. The van der Waals surface area contributed by atoms with Crippen LogP contribution in [-0.2, 0) is 0 Å². The van der Waals surface area contributed by atoms with Gasteiger partial charge in [0.1, 0.15) is 5.00 Å². The van der Waals surface area contributed by atoms with Crippen LogP contribution in [-0.4, -0.2) is 37.0 Å². The first-order valence-electron chi connectivity index (χ1n) is 7.80. The van der Waals surface area contributed by atoms with E-state index in [9.17, 15) is 4.79 Å². The lowest BCUT2D eigenvalue weighted by molar-refractivity contribution is 0.0955. The topological polar surface area (TPSA) is 57.3 Å². The van der Waals surface area contributed by atoms with Gasteiger partial charge in [-0.25, -0.2) is 0 Å². The summed E-state index contributed by atoms with van der Waals surface area (Å²) in [7, 11) is 1.81. The Labute approximate surface area is 141 Å². The number of anilines is 2. The van der Waals surface area contributed by atoms with Gasteiger partial charge < -0.3 is 15.5 Å². The van der Waals surface area contributed by atoms with Gasteiger partial charge in [0.05, 0.1) is 11.3 Å². The quantitative estimate of drug-likeness (QED) is 0.818. The number of hydrogen-bond acceptors (Lipinski definition) is 5. The first-order valence-corrected chi connectivity index (χ1v) is 8.58. The van der Waals surface area contributed by atoms with Crippen molar-refractivity contribution in [3.05, 3.63) is 41.1 Å². The number of benzene rings is 1. The zero-order valence-corrected chi connectivity index (χ0v) is 15.0. The predicted octanol–water partition coefficient (Wildman–Crippen LogP) is 3.06. The summed E-state index contributed by atoms with van der Waals surface area (Å²) in [5.74, 6) is -0.0686. The molecule has 0 fully saturated rings. The molecule has 0 saturated heterocycles. The molecule has 0 aliphatic carbocycles. The molecule has 2 aromatic rings. The molecule has 0 spiro atoms. The summed E-state index contributed by atoms with van der Waals surface area (Å²) in [6.45, 7) is 8.34. The lowest BCUT2D eigenvalue weighted by Gasteiger charge is -2.23. The van der Waals surface area contributed by atoms with Crippen LogP contribution in [0.2, 0.25) is 0 Å². The lowest BCUT2D eigenvalue weighted by Crippen LogP contribution is -2.35. The van der Waals surface area contributed by atoms with Crippen molar-refractivity contribution in [3.8, 4) is 0 Å². The Morgan fingerprint density at radius 3 is 2.78 bits per heavy atom. The number of carbonyl (C=O) groups is 1. The molecule has 0 aliphatic rings. The molecule has 1 amide bonds. The first kappa shape index (κ1) is 17.3. The largest absolute Gasteiger partial charge is 0.378 e. The number of nitrogens with one attached hydrogen (secondary N) is 2. The van der Waals surface area contributed by atoms with Gasteiger partial charge in [0.25, 0.3) is 5.91 Å². The van der Waals surface area contributed by atoms with E-state index in [2.05, 4.69) is 58.0 Å². The summed E-state index contributed by atoms with van der Waals surface area (Å²) in [4.78, 5) is 14.6. The molecule has 0 unspecified atom stereocenters. The highest BCUT2D eigenvalue weighted by atomic mass is 32.1. The number of rotatable bonds is 7. The highest BCUT2D eigenvalue weighted by Crippen LogP contribution is 2.23. The van der Waals surface area contributed by atoms with E-state index >= 15 is 0 Å². The van der Waals surface area contributed by atoms with Crippen LogP contribution in [0.1, 0.15) is 28.5 Å². The lowest BCUT2D eigenvalue weighted by atomic mass is 10.2. The van der Waals surface area contributed by atoms with Crippen molar-refractivity contribution in [2.45, 2.75) is 20.8 Å². The maximum atomic E-state index is 12.4. The molecule has 6 heteroatoms. The Morgan fingerprint density at radius 2 is 2.13 bits per heavy atom. The standard InChI is InChI=1S/C17H24N4OS/c1-5-21(14-8-6-7-12(2)11-14)10-9-19-16(22)15-13(3)20-23-17(15)18-4/h6-8,11,18H,5,9-10H2,1-4H3,(H,19,22). The highest BCUT2D eigenvalue weighted by molar-refractivity contribution is 7.10. The molecule has 5 nitrogen and oxygen atoms in total. The van der Waals surface area contributed by atoms with Crippen molar-refractivity contribution in [2.24, 2.45) is 0 Å². The van der Waals surface area contributed by atoms with Gasteiger partial charge in [0, 0.05) is 32.4 Å². The average Bonchev–Trinajstić information content (AvgIpc) is 2.92. The molecule has 0 aliphatic heterocycles. The second kappa shape index (κ2) is 7.97. The van der Waals surface area contributed by atoms with Crippen molar-refractivity contribution in [1.29, 1.82) is 0 Å². The Hall–Kier alpha value is -2.08. The molecular formula is C17H24N4OS. The van der Waals surface area contributed by atoms with Crippen LogP contribution in [0.3, 0.4) is 0 Å². The van der Waals surface area contributed by atoms with E-state index in [4.69, 9.17) is 0 Å². The van der Waals surface area contributed by atoms with Gasteiger partial charge in [-0.15, -0.1) is 0 Å². The Kier molecular flexibility index (Phi) is 5.98. The number of carbonyl (C=O) groups excluding carboxylic acids is 1. The molecule has 23 heavy (non-hydrogen) atoms. The minimum atomic E-state index is -0.0686. The molecule has 0 radical (unpaired) electrons. The van der Waals surface area contributed by atoms with Crippen molar-refractivity contribution < 1.29 is 4.79 Å². The van der Waals surface area contributed by atoms with E-state index in [1.165, 1.54) is 22.8 Å². The summed E-state index contributed by atoms with van der Waals surface area (Å²) >= 11 is 1.31. The number of aryl methyl sites for hydroxylation is 2. The van der Waals surface area contributed by atoms with Crippen LogP contribution in [0.25, 0.3) is 0 Å². The number of amides is 1. The van der Waals surface area contributed by atoms with Crippen LogP contribution in [0, 0.1) is 13.8 Å². The number of nitrogens with zero attached hydrogens (tertiary/aromatic N) is 2. The van der Waals surface area contributed by atoms with Crippen molar-refractivity contribution in [3.63, 3.8) is 0 Å². The maximum absolute atomic E-state index is 12.4. The molecule has 2 N–H and O–H groups in total. The fourth-order valence-corrected chi connectivity index (χ4v) is 3.24. The molecule has 124 valence electrons. The van der Waals surface area contributed by atoms with Crippen molar-refractivity contribution in [1.82, 2.24) is 9.69 Å². The zero-order valence-electron chi connectivity index (χ0n) is 14.1. The summed E-state index contributed by atoms with van der Waals surface area (Å²) in [5.41, 5.74) is 3.84. The van der Waals surface area contributed by atoms with E-state index in [0.717, 1.165) is 23.8 Å². The van der Waals surface area contributed by atoms with Gasteiger partial charge in [-0.05, 0) is 50.0 Å². The SMILES string of the molecule is CCN(CCNC(=O)c1c(C)nsc1NC)c1cccc(C)c1. The van der Waals surface area contributed by atoms with Crippen molar-refractivity contribution >= 4 is 28.1 Å². The van der Waals surface area contributed by atoms with Gasteiger partial charge in [-0.3, -0.25) is 4.79 Å². The minimum Gasteiger partial charge on any atom is -0.378 e. The van der Waals surface area contributed by atoms with Gasteiger partial charge in [0.2, 0.25) is 0 Å². The molecule has 1 aromatic heterocycles. The van der Waals surface area contributed by atoms with Crippen molar-refractivity contribution in [2.75, 3.05) is 36.9 Å². The zero-order chi connectivity index (χ0) is 16.8. The third-order valence-electron chi connectivity index (χ3n) is 3.73. The molecule has 0 atom stereocenters. The third-order valence-corrected chi connectivity index (χ3v) is 4.69. The van der Waals surface area contributed by atoms with Crippen LogP contribution in [0.4, 0.5) is 10.7 Å².